The molecule has 0 bridgehead atoms. The summed E-state index contributed by atoms with van der Waals surface area (Å²) in [6.07, 6.45) is 3.88. The number of rotatable bonds is 11. The second-order valence-corrected chi connectivity index (χ2v) is 9.47. The largest absolute Gasteiger partial charge is 0.493 e. The molecular formula is C27H28Cl2N2O5. The van der Waals surface area contributed by atoms with Crippen molar-refractivity contribution in [1.82, 2.24) is 9.80 Å². The number of hydrogen-bond donors (Lipinski definition) is 0. The lowest BCUT2D eigenvalue weighted by Gasteiger charge is -2.28. The summed E-state index contributed by atoms with van der Waals surface area (Å²) < 4.78 is 16.2. The van der Waals surface area contributed by atoms with Crippen LogP contribution in [0.5, 0.6) is 11.5 Å². The summed E-state index contributed by atoms with van der Waals surface area (Å²) >= 11 is 12.3. The SMILES string of the molecule is COc1ccc(CCN(Cc2ccco2)C(=O)CN(C(=O)c2ccc(Cl)cc2Cl)C2CC2)cc1OC. The molecule has 2 aromatic carbocycles. The van der Waals surface area contributed by atoms with E-state index in [1.807, 2.05) is 24.3 Å². The molecule has 3 aromatic rings. The van der Waals surface area contributed by atoms with Gasteiger partial charge >= 0.3 is 0 Å². The van der Waals surface area contributed by atoms with Gasteiger partial charge in [-0.2, -0.15) is 0 Å². The van der Waals surface area contributed by atoms with E-state index in [1.54, 1.807) is 48.5 Å². The Morgan fingerprint density at radius 3 is 2.44 bits per heavy atom. The van der Waals surface area contributed by atoms with Crippen LogP contribution in [0, 0.1) is 0 Å². The Morgan fingerprint density at radius 2 is 1.81 bits per heavy atom. The fourth-order valence-corrected chi connectivity index (χ4v) is 4.49. The number of ether oxygens (including phenoxy) is 2. The van der Waals surface area contributed by atoms with E-state index in [0.717, 1.165) is 18.4 Å². The number of carbonyl (C=O) groups is 2. The predicted molar refractivity (Wildman–Crippen MR) is 138 cm³/mol. The van der Waals surface area contributed by atoms with Crippen molar-refractivity contribution in [3.8, 4) is 11.5 Å². The van der Waals surface area contributed by atoms with Crippen molar-refractivity contribution in [2.45, 2.75) is 31.8 Å². The molecule has 1 saturated carbocycles. The van der Waals surface area contributed by atoms with E-state index in [4.69, 9.17) is 37.1 Å². The molecule has 36 heavy (non-hydrogen) atoms. The molecule has 4 rings (SSSR count). The van der Waals surface area contributed by atoms with Crippen molar-refractivity contribution in [3.63, 3.8) is 0 Å². The highest BCUT2D eigenvalue weighted by molar-refractivity contribution is 6.36. The molecule has 0 aliphatic heterocycles. The van der Waals surface area contributed by atoms with Gasteiger partial charge in [0.2, 0.25) is 5.91 Å². The van der Waals surface area contributed by atoms with Gasteiger partial charge in [-0.05, 0) is 67.3 Å². The van der Waals surface area contributed by atoms with E-state index >= 15 is 0 Å². The molecule has 0 saturated heterocycles. The van der Waals surface area contributed by atoms with Gasteiger partial charge in [0.15, 0.2) is 11.5 Å². The maximum atomic E-state index is 13.5. The number of hydrogen-bond acceptors (Lipinski definition) is 5. The zero-order chi connectivity index (χ0) is 25.7. The Balaban J connectivity index is 1.50. The first-order valence-electron chi connectivity index (χ1n) is 11.7. The Labute approximate surface area is 220 Å². The van der Waals surface area contributed by atoms with Crippen LogP contribution in [0.4, 0.5) is 0 Å². The van der Waals surface area contributed by atoms with Gasteiger partial charge in [0, 0.05) is 17.6 Å². The maximum absolute atomic E-state index is 13.5. The fraction of sp³-hybridized carbons (Fsp3) is 0.333. The number of amides is 2. The molecule has 0 radical (unpaired) electrons. The standard InChI is InChI=1S/C27H28Cl2N2O5/c1-34-24-10-5-18(14-25(24)35-2)11-12-30(16-21-4-3-13-36-21)26(32)17-31(20-7-8-20)27(33)22-9-6-19(28)15-23(22)29/h3-6,9-10,13-15,20H,7-8,11-12,16-17H2,1-2H3. The third-order valence-corrected chi connectivity index (χ3v) is 6.66. The first kappa shape index (κ1) is 25.9. The molecule has 0 atom stereocenters. The molecule has 1 heterocycles. The lowest BCUT2D eigenvalue weighted by molar-refractivity contribution is -0.132. The third kappa shape index (κ3) is 6.33. The lowest BCUT2D eigenvalue weighted by Crippen LogP contribution is -2.44. The van der Waals surface area contributed by atoms with Gasteiger partial charge < -0.3 is 23.7 Å². The van der Waals surface area contributed by atoms with E-state index in [-0.39, 0.29) is 29.4 Å². The highest BCUT2D eigenvalue weighted by Crippen LogP contribution is 2.31. The van der Waals surface area contributed by atoms with E-state index in [2.05, 4.69) is 0 Å². The molecule has 1 aliphatic rings. The van der Waals surface area contributed by atoms with Gasteiger partial charge in [-0.1, -0.05) is 29.3 Å². The van der Waals surface area contributed by atoms with Crippen molar-refractivity contribution in [1.29, 1.82) is 0 Å². The minimum atomic E-state index is -0.273. The van der Waals surface area contributed by atoms with Crippen LogP contribution in [-0.4, -0.2) is 55.0 Å². The van der Waals surface area contributed by atoms with E-state index in [9.17, 15) is 9.59 Å². The number of furan rings is 1. The van der Waals surface area contributed by atoms with Gasteiger partial charge in [-0.25, -0.2) is 0 Å². The molecule has 1 fully saturated rings. The first-order valence-corrected chi connectivity index (χ1v) is 12.4. The normalized spacial score (nSPS) is 12.8. The topological polar surface area (TPSA) is 72.2 Å². The van der Waals surface area contributed by atoms with Gasteiger partial charge in [-0.3, -0.25) is 9.59 Å². The maximum Gasteiger partial charge on any atom is 0.256 e. The van der Waals surface area contributed by atoms with Gasteiger partial charge in [0.25, 0.3) is 5.91 Å². The van der Waals surface area contributed by atoms with Crippen LogP contribution >= 0.6 is 23.2 Å². The summed E-state index contributed by atoms with van der Waals surface area (Å²) in [5.74, 6) is 1.50. The van der Waals surface area contributed by atoms with Crippen LogP contribution in [0.1, 0.15) is 34.5 Å². The number of benzene rings is 2. The van der Waals surface area contributed by atoms with Crippen LogP contribution < -0.4 is 9.47 Å². The second-order valence-electron chi connectivity index (χ2n) is 8.62. The first-order chi connectivity index (χ1) is 17.4. The fourth-order valence-electron chi connectivity index (χ4n) is 4.00. The Morgan fingerprint density at radius 1 is 1.03 bits per heavy atom. The lowest BCUT2D eigenvalue weighted by atomic mass is 10.1. The molecule has 190 valence electrons. The highest BCUT2D eigenvalue weighted by Gasteiger charge is 2.36. The summed E-state index contributed by atoms with van der Waals surface area (Å²) in [6, 6.07) is 14.1. The quantitative estimate of drug-likeness (QED) is 0.328. The van der Waals surface area contributed by atoms with Crippen LogP contribution in [-0.2, 0) is 17.8 Å². The van der Waals surface area contributed by atoms with Crippen molar-refractivity contribution in [2.75, 3.05) is 27.3 Å². The minimum absolute atomic E-state index is 0.0181. The number of nitrogens with zero attached hydrogens (tertiary/aromatic N) is 2. The Bertz CT molecular complexity index is 1210. The van der Waals surface area contributed by atoms with Crippen LogP contribution in [0.15, 0.2) is 59.2 Å². The molecule has 1 aromatic heterocycles. The van der Waals surface area contributed by atoms with Gasteiger partial charge in [0.05, 0.1) is 37.6 Å². The molecule has 2 amide bonds. The molecule has 9 heteroatoms. The van der Waals surface area contributed by atoms with Crippen molar-refractivity contribution < 1.29 is 23.5 Å². The molecule has 1 aliphatic carbocycles. The van der Waals surface area contributed by atoms with Crippen molar-refractivity contribution in [2.24, 2.45) is 0 Å². The minimum Gasteiger partial charge on any atom is -0.493 e. The average Bonchev–Trinajstić information content (AvgIpc) is 3.59. The third-order valence-electron chi connectivity index (χ3n) is 6.11. The predicted octanol–water partition coefficient (Wildman–Crippen LogP) is 5.48. The summed E-state index contributed by atoms with van der Waals surface area (Å²) in [5, 5.41) is 0.719. The van der Waals surface area contributed by atoms with E-state index in [0.29, 0.717) is 47.4 Å². The van der Waals surface area contributed by atoms with Crippen molar-refractivity contribution >= 4 is 35.0 Å². The molecule has 0 spiro atoms. The molecule has 7 nitrogen and oxygen atoms in total. The smallest absolute Gasteiger partial charge is 0.256 e. The summed E-state index contributed by atoms with van der Waals surface area (Å²) in [4.78, 5) is 30.2. The summed E-state index contributed by atoms with van der Waals surface area (Å²) in [6.45, 7) is 0.687. The van der Waals surface area contributed by atoms with Crippen LogP contribution in [0.25, 0.3) is 0 Å². The number of carbonyl (C=O) groups excluding carboxylic acids is 2. The Kier molecular flexibility index (Phi) is 8.44. The summed E-state index contributed by atoms with van der Waals surface area (Å²) in [5.41, 5.74) is 1.33. The van der Waals surface area contributed by atoms with E-state index < -0.39 is 0 Å². The molecular weight excluding hydrogens is 503 g/mol. The van der Waals surface area contributed by atoms with Gasteiger partial charge in [0.1, 0.15) is 12.3 Å². The van der Waals surface area contributed by atoms with E-state index in [1.165, 1.54) is 6.07 Å². The number of methoxy groups -OCH3 is 2. The zero-order valence-corrected chi connectivity index (χ0v) is 21.7. The highest BCUT2D eigenvalue weighted by atomic mass is 35.5. The zero-order valence-electron chi connectivity index (χ0n) is 20.2. The molecule has 0 N–H and O–H groups in total. The second kappa shape index (κ2) is 11.7. The van der Waals surface area contributed by atoms with Crippen LogP contribution in [0.3, 0.4) is 0 Å². The summed E-state index contributed by atoms with van der Waals surface area (Å²) in [7, 11) is 3.18. The van der Waals surface area contributed by atoms with Crippen LogP contribution in [0.2, 0.25) is 10.0 Å². The monoisotopic (exact) mass is 530 g/mol. The van der Waals surface area contributed by atoms with Crippen molar-refractivity contribution in [3.05, 3.63) is 81.7 Å². The van der Waals surface area contributed by atoms with Gasteiger partial charge in [-0.15, -0.1) is 0 Å². The molecule has 0 unspecified atom stereocenters. The Hall–Kier alpha value is -3.16. The average molecular weight is 531 g/mol. The number of halogens is 2.